The average molecular weight is 320 g/mol. The summed E-state index contributed by atoms with van der Waals surface area (Å²) < 4.78 is 1.70. The Kier molecular flexibility index (Phi) is 3.92. The van der Waals surface area contributed by atoms with E-state index in [4.69, 9.17) is 16.7 Å². The van der Waals surface area contributed by atoms with Crippen molar-refractivity contribution >= 4 is 44.8 Å². The van der Waals surface area contributed by atoms with Gasteiger partial charge in [-0.2, -0.15) is 9.61 Å². The average Bonchev–Trinajstić information content (AvgIpc) is 2.95. The molecule has 0 spiro atoms. The highest BCUT2D eigenvalue weighted by Crippen LogP contribution is 2.24. The fourth-order valence-electron chi connectivity index (χ4n) is 1.95. The van der Waals surface area contributed by atoms with Gasteiger partial charge in [-0.15, -0.1) is 0 Å². The van der Waals surface area contributed by atoms with E-state index < -0.39 is 0 Å². The third-order valence-corrected chi connectivity index (χ3v) is 4.50. The maximum absolute atomic E-state index is 6.02. The van der Waals surface area contributed by atoms with Gasteiger partial charge in [-0.1, -0.05) is 22.3 Å². The van der Waals surface area contributed by atoms with Gasteiger partial charge in [0.1, 0.15) is 11.0 Å². The van der Waals surface area contributed by atoms with E-state index in [1.165, 1.54) is 0 Å². The van der Waals surface area contributed by atoms with E-state index in [1.54, 1.807) is 22.8 Å². The van der Waals surface area contributed by atoms with Crippen molar-refractivity contribution in [3.8, 4) is 0 Å². The number of rotatable bonds is 3. The molecular formula is C14H14ClN5S. The monoisotopic (exact) mass is 319 g/mol. The fraction of sp³-hybridized carbons (Fsp3) is 0.0714. The lowest BCUT2D eigenvalue weighted by atomic mass is 10.3. The summed E-state index contributed by atoms with van der Waals surface area (Å²) in [6.45, 7) is 1.96. The van der Waals surface area contributed by atoms with E-state index in [9.17, 15) is 0 Å². The van der Waals surface area contributed by atoms with Gasteiger partial charge < -0.3 is 5.32 Å². The molecule has 0 fully saturated rings. The molecule has 21 heavy (non-hydrogen) atoms. The van der Waals surface area contributed by atoms with E-state index in [2.05, 4.69) is 15.4 Å². The lowest BCUT2D eigenvalue weighted by molar-refractivity contribution is 0.947. The number of nitrogens with one attached hydrogen (secondary N) is 1. The molecular weight excluding hydrogens is 306 g/mol. The van der Waals surface area contributed by atoms with Crippen molar-refractivity contribution < 1.29 is 0 Å². The number of halogens is 1. The summed E-state index contributed by atoms with van der Waals surface area (Å²) in [5, 5.41) is 15.9. The lowest BCUT2D eigenvalue weighted by Crippen LogP contribution is -2.01. The van der Waals surface area contributed by atoms with Gasteiger partial charge in [0.25, 0.3) is 0 Å². The van der Waals surface area contributed by atoms with Crippen molar-refractivity contribution in [3.63, 3.8) is 0 Å². The van der Waals surface area contributed by atoms with Crippen molar-refractivity contribution in [2.75, 3.05) is 5.32 Å². The Hall–Kier alpha value is -1.89. The van der Waals surface area contributed by atoms with Crippen LogP contribution in [-0.4, -0.2) is 20.0 Å². The molecule has 3 N–H and O–H groups in total. The van der Waals surface area contributed by atoms with Crippen LogP contribution >= 0.6 is 22.3 Å². The van der Waals surface area contributed by atoms with E-state index in [0.717, 1.165) is 16.4 Å². The molecule has 108 valence electrons. The summed E-state index contributed by atoms with van der Waals surface area (Å²) in [6.07, 6.45) is 1.68. The molecule has 0 aliphatic rings. The number of nitrogens with zero attached hydrogens (tertiary/aromatic N) is 3. The van der Waals surface area contributed by atoms with Crippen molar-refractivity contribution in [1.29, 1.82) is 0 Å². The standard InChI is InChI=1S/C14H14ClN5S/c1-2-21(16)11-5-3-10(4-6-11)18-14-9-12(15)19-13-7-8-17-20(13)14/h2-9,18H,16H2,1H3. The van der Waals surface area contributed by atoms with Gasteiger partial charge in [-0.3, -0.25) is 5.14 Å². The number of benzene rings is 1. The smallest absolute Gasteiger partial charge is 0.159 e. The number of fused-ring (bicyclic) bond motifs is 1. The Morgan fingerprint density at radius 3 is 2.76 bits per heavy atom. The van der Waals surface area contributed by atoms with Crippen LogP contribution in [0.3, 0.4) is 0 Å². The molecule has 5 nitrogen and oxygen atoms in total. The summed E-state index contributed by atoms with van der Waals surface area (Å²) in [5.41, 5.74) is 1.64. The van der Waals surface area contributed by atoms with Gasteiger partial charge in [0.05, 0.1) is 6.20 Å². The zero-order valence-electron chi connectivity index (χ0n) is 11.3. The summed E-state index contributed by atoms with van der Waals surface area (Å²) in [4.78, 5) is 5.29. The molecule has 0 saturated heterocycles. The quantitative estimate of drug-likeness (QED) is 0.573. The highest BCUT2D eigenvalue weighted by Gasteiger charge is 2.05. The molecule has 0 aliphatic carbocycles. The third-order valence-electron chi connectivity index (χ3n) is 2.98. The van der Waals surface area contributed by atoms with E-state index in [0.29, 0.717) is 10.8 Å². The molecule has 0 aliphatic heterocycles. The molecule has 0 bridgehead atoms. The summed E-state index contributed by atoms with van der Waals surface area (Å²) in [7, 11) is -0.316. The Labute approximate surface area is 129 Å². The number of hydrogen-bond donors (Lipinski definition) is 2. The van der Waals surface area contributed by atoms with Crippen LogP contribution in [0.1, 0.15) is 6.92 Å². The molecule has 0 amide bonds. The second kappa shape index (κ2) is 5.85. The van der Waals surface area contributed by atoms with Crippen LogP contribution in [0.4, 0.5) is 11.5 Å². The summed E-state index contributed by atoms with van der Waals surface area (Å²) >= 11 is 6.02. The zero-order chi connectivity index (χ0) is 14.8. The van der Waals surface area contributed by atoms with E-state index in [-0.39, 0.29) is 10.7 Å². The largest absolute Gasteiger partial charge is 0.340 e. The topological polar surface area (TPSA) is 68.2 Å². The van der Waals surface area contributed by atoms with Gasteiger partial charge in [-0.25, -0.2) is 4.98 Å². The highest BCUT2D eigenvalue weighted by molar-refractivity contribution is 8.13. The Morgan fingerprint density at radius 1 is 1.29 bits per heavy atom. The van der Waals surface area contributed by atoms with Gasteiger partial charge in [-0.05, 0) is 36.6 Å². The molecule has 1 unspecified atom stereocenters. The van der Waals surface area contributed by atoms with Gasteiger partial charge >= 0.3 is 0 Å². The van der Waals surface area contributed by atoms with Crippen LogP contribution in [0, 0.1) is 0 Å². The molecule has 1 aromatic carbocycles. The second-order valence-electron chi connectivity index (χ2n) is 4.32. The van der Waals surface area contributed by atoms with Crippen molar-refractivity contribution in [3.05, 3.63) is 47.7 Å². The van der Waals surface area contributed by atoms with Crippen LogP contribution in [0.15, 0.2) is 47.5 Å². The molecule has 3 aromatic rings. The SMILES string of the molecule is C/C=S(/N)c1ccc(Nc2cc(Cl)nc3ccnn23)cc1. The van der Waals surface area contributed by atoms with Crippen molar-refractivity contribution in [1.82, 2.24) is 14.6 Å². The van der Waals surface area contributed by atoms with Gasteiger partial charge in [0.2, 0.25) is 0 Å². The summed E-state index contributed by atoms with van der Waals surface area (Å²) in [5.74, 6) is 0.761. The first-order valence-electron chi connectivity index (χ1n) is 6.32. The Balaban J connectivity index is 1.93. The molecule has 7 heteroatoms. The predicted octanol–water partition coefficient (Wildman–Crippen LogP) is 3.45. The van der Waals surface area contributed by atoms with Crippen LogP contribution in [0.5, 0.6) is 0 Å². The maximum atomic E-state index is 6.02. The number of hydrogen-bond acceptors (Lipinski definition) is 4. The van der Waals surface area contributed by atoms with Crippen LogP contribution in [0.25, 0.3) is 5.65 Å². The number of anilines is 2. The number of aromatic nitrogens is 3. The van der Waals surface area contributed by atoms with E-state index in [1.807, 2.05) is 36.6 Å². The van der Waals surface area contributed by atoms with Gasteiger partial charge in [0, 0.05) is 22.7 Å². The Morgan fingerprint density at radius 2 is 2.05 bits per heavy atom. The maximum Gasteiger partial charge on any atom is 0.159 e. The minimum absolute atomic E-state index is 0.316. The third kappa shape index (κ3) is 2.92. The molecule has 0 radical (unpaired) electrons. The summed E-state index contributed by atoms with van der Waals surface area (Å²) in [6, 6.07) is 11.5. The fourth-order valence-corrected chi connectivity index (χ4v) is 2.86. The minimum atomic E-state index is -0.316. The lowest BCUT2D eigenvalue weighted by Gasteiger charge is -2.10. The molecule has 2 aromatic heterocycles. The second-order valence-corrected chi connectivity index (χ2v) is 6.40. The van der Waals surface area contributed by atoms with Crippen LogP contribution in [0.2, 0.25) is 5.15 Å². The number of nitrogens with two attached hydrogens (primary N) is 1. The zero-order valence-corrected chi connectivity index (χ0v) is 12.9. The van der Waals surface area contributed by atoms with Crippen LogP contribution in [-0.2, 0) is 0 Å². The molecule has 2 heterocycles. The van der Waals surface area contributed by atoms with Crippen molar-refractivity contribution in [2.24, 2.45) is 5.14 Å². The van der Waals surface area contributed by atoms with Crippen LogP contribution < -0.4 is 10.5 Å². The first kappa shape index (κ1) is 14.1. The first-order chi connectivity index (χ1) is 10.2. The highest BCUT2D eigenvalue weighted by atomic mass is 35.5. The molecule has 1 atom stereocenters. The molecule has 3 rings (SSSR count). The minimum Gasteiger partial charge on any atom is -0.340 e. The normalized spacial score (nSPS) is 12.7. The molecule has 0 saturated carbocycles. The van der Waals surface area contributed by atoms with E-state index >= 15 is 0 Å². The predicted molar refractivity (Wildman–Crippen MR) is 89.5 cm³/mol. The van der Waals surface area contributed by atoms with Crippen molar-refractivity contribution in [2.45, 2.75) is 11.8 Å². The Bertz CT molecular complexity index is 810. The van der Waals surface area contributed by atoms with Gasteiger partial charge in [0.15, 0.2) is 5.65 Å². The first-order valence-corrected chi connectivity index (χ1v) is 8.04.